The predicted octanol–water partition coefficient (Wildman–Crippen LogP) is 3.41. The fourth-order valence-corrected chi connectivity index (χ4v) is 3.46. The van der Waals surface area contributed by atoms with E-state index in [1.807, 2.05) is 50.2 Å². The van der Waals surface area contributed by atoms with Crippen LogP contribution in [0.15, 0.2) is 59.8 Å². The molecule has 1 aliphatic rings. The van der Waals surface area contributed by atoms with Crippen molar-refractivity contribution < 1.29 is 14.3 Å². The van der Waals surface area contributed by atoms with E-state index in [0.29, 0.717) is 29.6 Å². The number of allylic oxidation sites excluding steroid dienone is 1. The minimum Gasteiger partial charge on any atom is -0.489 e. The number of tetrazole rings is 1. The number of aromatic nitrogens is 4. The topological polar surface area (TPSA) is 91.2 Å². The molecule has 3 aromatic rings. The van der Waals surface area contributed by atoms with Crippen LogP contribution in [0.4, 0.5) is 5.95 Å². The van der Waals surface area contributed by atoms with Crippen molar-refractivity contribution in [3.05, 3.63) is 76.5 Å². The summed E-state index contributed by atoms with van der Waals surface area (Å²) in [6.45, 7) is 6.32. The first-order valence-corrected chi connectivity index (χ1v) is 9.78. The van der Waals surface area contributed by atoms with E-state index >= 15 is 0 Å². The third-order valence-corrected chi connectivity index (χ3v) is 4.94. The Morgan fingerprint density at radius 2 is 1.90 bits per heavy atom. The van der Waals surface area contributed by atoms with E-state index in [4.69, 9.17) is 9.47 Å². The Bertz CT molecular complexity index is 1090. The van der Waals surface area contributed by atoms with E-state index in [9.17, 15) is 4.79 Å². The maximum Gasteiger partial charge on any atom is 0.338 e. The molecular formula is C22H23N5O3. The summed E-state index contributed by atoms with van der Waals surface area (Å²) in [5.74, 6) is 0.696. The molecule has 2 aromatic carbocycles. The SMILES string of the molecule is CCOC(=O)C1=C(C)Nc2nnnn2C1c1ccccc1OCc1ccc(C)cc1. The van der Waals surface area contributed by atoms with Crippen LogP contribution in [0, 0.1) is 6.92 Å². The number of anilines is 1. The summed E-state index contributed by atoms with van der Waals surface area (Å²) in [6.07, 6.45) is 0. The lowest BCUT2D eigenvalue weighted by Gasteiger charge is -2.28. The molecule has 1 N–H and O–H groups in total. The molecule has 8 nitrogen and oxygen atoms in total. The second-order valence-electron chi connectivity index (χ2n) is 7.05. The number of nitrogens with zero attached hydrogens (tertiary/aromatic N) is 4. The monoisotopic (exact) mass is 405 g/mol. The van der Waals surface area contributed by atoms with Gasteiger partial charge in [0.1, 0.15) is 18.4 Å². The summed E-state index contributed by atoms with van der Waals surface area (Å²) in [6, 6.07) is 15.2. The van der Waals surface area contributed by atoms with Gasteiger partial charge in [0, 0.05) is 11.3 Å². The van der Waals surface area contributed by atoms with Gasteiger partial charge in [-0.2, -0.15) is 4.68 Å². The molecule has 8 heteroatoms. The van der Waals surface area contributed by atoms with E-state index in [2.05, 4.69) is 33.0 Å². The molecule has 2 heterocycles. The molecule has 0 fully saturated rings. The van der Waals surface area contributed by atoms with Gasteiger partial charge in [-0.3, -0.25) is 0 Å². The minimum absolute atomic E-state index is 0.274. The Balaban J connectivity index is 1.72. The summed E-state index contributed by atoms with van der Waals surface area (Å²) in [7, 11) is 0. The average Bonchev–Trinajstić information content (AvgIpc) is 3.21. The van der Waals surface area contributed by atoms with Crippen LogP contribution in [0.2, 0.25) is 0 Å². The van der Waals surface area contributed by atoms with Crippen molar-refractivity contribution in [1.82, 2.24) is 20.2 Å². The first-order chi connectivity index (χ1) is 14.6. The quantitative estimate of drug-likeness (QED) is 0.628. The molecule has 4 rings (SSSR count). The number of hydrogen-bond donors (Lipinski definition) is 1. The standard InChI is InChI=1S/C22H23N5O3/c1-4-29-21(28)19-15(3)23-22-24-25-26-27(22)20(19)17-7-5-6-8-18(17)30-13-16-11-9-14(2)10-12-16/h5-12,20H,4,13H2,1-3H3,(H,23,24,26). The van der Waals surface area contributed by atoms with Gasteiger partial charge >= 0.3 is 5.97 Å². The van der Waals surface area contributed by atoms with Crippen molar-refractivity contribution in [2.75, 3.05) is 11.9 Å². The Kier molecular flexibility index (Phi) is 5.47. The Morgan fingerprint density at radius 1 is 1.13 bits per heavy atom. The van der Waals surface area contributed by atoms with Gasteiger partial charge in [-0.1, -0.05) is 53.1 Å². The second-order valence-corrected chi connectivity index (χ2v) is 7.05. The van der Waals surface area contributed by atoms with E-state index in [0.717, 1.165) is 11.1 Å². The van der Waals surface area contributed by atoms with Crippen molar-refractivity contribution in [1.29, 1.82) is 0 Å². The van der Waals surface area contributed by atoms with Gasteiger partial charge in [0.15, 0.2) is 0 Å². The molecule has 1 aliphatic heterocycles. The van der Waals surface area contributed by atoms with Crippen LogP contribution in [-0.4, -0.2) is 32.8 Å². The average molecular weight is 405 g/mol. The van der Waals surface area contributed by atoms with Crippen molar-refractivity contribution >= 4 is 11.9 Å². The second kappa shape index (κ2) is 8.36. The zero-order valence-electron chi connectivity index (χ0n) is 17.1. The third kappa shape index (κ3) is 3.76. The number of nitrogens with one attached hydrogen (secondary N) is 1. The first kappa shape index (κ1) is 19.6. The highest BCUT2D eigenvalue weighted by Gasteiger charge is 2.36. The van der Waals surface area contributed by atoms with Crippen LogP contribution in [0.3, 0.4) is 0 Å². The van der Waals surface area contributed by atoms with Gasteiger partial charge in [0.2, 0.25) is 5.95 Å². The highest BCUT2D eigenvalue weighted by molar-refractivity contribution is 5.92. The molecule has 30 heavy (non-hydrogen) atoms. The Labute approximate surface area is 174 Å². The normalized spacial score (nSPS) is 15.4. The number of ether oxygens (including phenoxy) is 2. The molecule has 1 unspecified atom stereocenters. The molecule has 0 bridgehead atoms. The van der Waals surface area contributed by atoms with Crippen molar-refractivity contribution in [2.45, 2.75) is 33.4 Å². The number of benzene rings is 2. The zero-order valence-corrected chi connectivity index (χ0v) is 17.1. The molecule has 0 radical (unpaired) electrons. The smallest absolute Gasteiger partial charge is 0.338 e. The summed E-state index contributed by atoms with van der Waals surface area (Å²) in [5, 5.41) is 15.0. The molecule has 0 amide bonds. The zero-order chi connectivity index (χ0) is 21.1. The van der Waals surface area contributed by atoms with Crippen molar-refractivity contribution in [2.24, 2.45) is 0 Å². The van der Waals surface area contributed by atoms with Crippen LogP contribution in [0.1, 0.15) is 36.6 Å². The maximum atomic E-state index is 12.8. The van der Waals surface area contributed by atoms with Crippen LogP contribution in [-0.2, 0) is 16.1 Å². The number of para-hydroxylation sites is 1. The molecule has 0 saturated carbocycles. The van der Waals surface area contributed by atoms with E-state index < -0.39 is 12.0 Å². The summed E-state index contributed by atoms with van der Waals surface area (Å²) < 4.78 is 13.0. The number of rotatable bonds is 6. The minimum atomic E-state index is -0.565. The van der Waals surface area contributed by atoms with Gasteiger partial charge in [-0.05, 0) is 42.8 Å². The fraction of sp³-hybridized carbons (Fsp3) is 0.273. The fourth-order valence-electron chi connectivity index (χ4n) is 3.46. The Hall–Kier alpha value is -3.68. The lowest BCUT2D eigenvalue weighted by Crippen LogP contribution is -2.30. The van der Waals surface area contributed by atoms with Gasteiger partial charge < -0.3 is 14.8 Å². The number of hydrogen-bond acceptors (Lipinski definition) is 7. The van der Waals surface area contributed by atoms with Crippen molar-refractivity contribution in [3.63, 3.8) is 0 Å². The van der Waals surface area contributed by atoms with E-state index in [1.165, 1.54) is 5.56 Å². The van der Waals surface area contributed by atoms with E-state index in [1.54, 1.807) is 11.6 Å². The third-order valence-electron chi connectivity index (χ3n) is 4.94. The Morgan fingerprint density at radius 3 is 2.67 bits per heavy atom. The molecule has 154 valence electrons. The summed E-state index contributed by atoms with van der Waals surface area (Å²) >= 11 is 0. The molecule has 0 saturated heterocycles. The summed E-state index contributed by atoms with van der Waals surface area (Å²) in [4.78, 5) is 12.8. The van der Waals surface area contributed by atoms with E-state index in [-0.39, 0.29) is 6.61 Å². The molecule has 0 spiro atoms. The number of carbonyl (C=O) groups excluding carboxylic acids is 1. The predicted molar refractivity (Wildman–Crippen MR) is 111 cm³/mol. The van der Waals surface area contributed by atoms with Crippen LogP contribution in [0.5, 0.6) is 5.75 Å². The summed E-state index contributed by atoms with van der Waals surface area (Å²) in [5.41, 5.74) is 4.13. The van der Waals surface area contributed by atoms with Crippen LogP contribution < -0.4 is 10.1 Å². The van der Waals surface area contributed by atoms with Gasteiger partial charge in [0.05, 0.1) is 12.2 Å². The van der Waals surface area contributed by atoms with Gasteiger partial charge in [0.25, 0.3) is 0 Å². The number of carbonyl (C=O) groups is 1. The highest BCUT2D eigenvalue weighted by Crippen LogP contribution is 2.39. The highest BCUT2D eigenvalue weighted by atomic mass is 16.5. The van der Waals surface area contributed by atoms with Gasteiger partial charge in [-0.25, -0.2) is 4.79 Å². The molecule has 1 atom stereocenters. The first-order valence-electron chi connectivity index (χ1n) is 9.78. The van der Waals surface area contributed by atoms with Crippen LogP contribution in [0.25, 0.3) is 0 Å². The molecule has 1 aromatic heterocycles. The molecular weight excluding hydrogens is 382 g/mol. The van der Waals surface area contributed by atoms with Crippen LogP contribution >= 0.6 is 0 Å². The molecule has 0 aliphatic carbocycles. The maximum absolute atomic E-state index is 12.8. The van der Waals surface area contributed by atoms with Gasteiger partial charge in [-0.15, -0.1) is 0 Å². The van der Waals surface area contributed by atoms with Crippen molar-refractivity contribution in [3.8, 4) is 5.75 Å². The number of esters is 1. The lowest BCUT2D eigenvalue weighted by atomic mass is 9.95. The largest absolute Gasteiger partial charge is 0.489 e. The lowest BCUT2D eigenvalue weighted by molar-refractivity contribution is -0.139. The number of aryl methyl sites for hydroxylation is 1. The number of fused-ring (bicyclic) bond motifs is 1.